The van der Waals surface area contributed by atoms with Gasteiger partial charge >= 0.3 is 0 Å². The summed E-state index contributed by atoms with van der Waals surface area (Å²) in [4.78, 5) is 3.95. The van der Waals surface area contributed by atoms with E-state index in [4.69, 9.17) is 10.3 Å². The highest BCUT2D eigenvalue weighted by Gasteiger charge is 2.19. The van der Waals surface area contributed by atoms with Crippen molar-refractivity contribution in [2.75, 3.05) is 0 Å². The fraction of sp³-hybridized carbons (Fsp3) is 0.0714. The summed E-state index contributed by atoms with van der Waals surface area (Å²) in [5.41, 5.74) is 3.17. The number of nitrogens with one attached hydrogen (secondary N) is 1. The second-order valence-corrected chi connectivity index (χ2v) is 4.31. The highest BCUT2D eigenvalue weighted by atomic mass is 19.1. The zero-order valence-corrected chi connectivity index (χ0v) is 10.3. The van der Waals surface area contributed by atoms with E-state index in [0.29, 0.717) is 16.8 Å². The summed E-state index contributed by atoms with van der Waals surface area (Å²) >= 11 is 0. The molecule has 2 heterocycles. The number of nitrogens with zero attached hydrogens (tertiary/aromatic N) is 1. The molecule has 102 valence electrons. The Kier molecular flexibility index (Phi) is 3.17. The van der Waals surface area contributed by atoms with Crippen molar-refractivity contribution in [1.82, 2.24) is 10.4 Å². The highest BCUT2D eigenvalue weighted by molar-refractivity contribution is 5.78. The van der Waals surface area contributed by atoms with Gasteiger partial charge in [0, 0.05) is 5.39 Å². The van der Waals surface area contributed by atoms with Crippen molar-refractivity contribution in [1.29, 1.82) is 0 Å². The van der Waals surface area contributed by atoms with E-state index in [9.17, 15) is 8.78 Å². The van der Waals surface area contributed by atoms with Gasteiger partial charge in [0.25, 0.3) is 0 Å². The lowest BCUT2D eigenvalue weighted by atomic mass is 10.1. The van der Waals surface area contributed by atoms with E-state index in [1.54, 1.807) is 18.2 Å². The minimum absolute atomic E-state index is 0.157. The van der Waals surface area contributed by atoms with Gasteiger partial charge in [-0.1, -0.05) is 12.1 Å². The Morgan fingerprint density at radius 1 is 1.20 bits per heavy atom. The van der Waals surface area contributed by atoms with E-state index in [1.807, 2.05) is 0 Å². The quantitative estimate of drug-likeness (QED) is 0.569. The van der Waals surface area contributed by atoms with Crippen LogP contribution in [0.25, 0.3) is 11.0 Å². The minimum Gasteiger partial charge on any atom is -0.456 e. The largest absolute Gasteiger partial charge is 0.456 e. The first kappa shape index (κ1) is 12.7. The molecular formula is C14H11F2N3O. The van der Waals surface area contributed by atoms with E-state index in [1.165, 1.54) is 18.2 Å². The first-order chi connectivity index (χ1) is 9.69. The summed E-state index contributed by atoms with van der Waals surface area (Å²) in [5.74, 6) is 5.01. The molecule has 1 unspecified atom stereocenters. The molecule has 1 atom stereocenters. The van der Waals surface area contributed by atoms with Gasteiger partial charge in [0.15, 0.2) is 11.4 Å². The van der Waals surface area contributed by atoms with Crippen LogP contribution in [0.3, 0.4) is 0 Å². The molecule has 0 saturated heterocycles. The number of fused-ring (bicyclic) bond motifs is 1. The lowest BCUT2D eigenvalue weighted by molar-refractivity contribution is 0.459. The molecule has 4 nitrogen and oxygen atoms in total. The lowest BCUT2D eigenvalue weighted by Crippen LogP contribution is -2.29. The number of hydrogen-bond acceptors (Lipinski definition) is 4. The summed E-state index contributed by atoms with van der Waals surface area (Å²) in [6, 6.07) is 8.50. The maximum absolute atomic E-state index is 13.6. The summed E-state index contributed by atoms with van der Waals surface area (Å²) < 4.78 is 32.0. The van der Waals surface area contributed by atoms with E-state index in [2.05, 4.69) is 10.4 Å². The molecule has 1 aromatic carbocycles. The van der Waals surface area contributed by atoms with Crippen molar-refractivity contribution in [2.45, 2.75) is 6.04 Å². The van der Waals surface area contributed by atoms with E-state index >= 15 is 0 Å². The van der Waals surface area contributed by atoms with Crippen LogP contribution in [0.15, 0.2) is 47.0 Å². The van der Waals surface area contributed by atoms with Gasteiger partial charge in [0.1, 0.15) is 17.6 Å². The number of pyridine rings is 1. The Labute approximate surface area is 113 Å². The predicted octanol–water partition coefficient (Wildman–Crippen LogP) is 2.66. The van der Waals surface area contributed by atoms with Crippen LogP contribution in [-0.2, 0) is 0 Å². The fourth-order valence-electron chi connectivity index (χ4n) is 2.06. The van der Waals surface area contributed by atoms with Crippen molar-refractivity contribution in [3.8, 4) is 0 Å². The van der Waals surface area contributed by atoms with Gasteiger partial charge in [-0.3, -0.25) is 10.8 Å². The van der Waals surface area contributed by atoms with E-state index < -0.39 is 17.7 Å². The van der Waals surface area contributed by atoms with Crippen LogP contribution < -0.4 is 11.3 Å². The van der Waals surface area contributed by atoms with Crippen LogP contribution in [0.5, 0.6) is 0 Å². The van der Waals surface area contributed by atoms with Crippen LogP contribution in [0, 0.1) is 11.6 Å². The summed E-state index contributed by atoms with van der Waals surface area (Å²) in [5, 5.41) is 0.627. The molecule has 0 aliphatic carbocycles. The van der Waals surface area contributed by atoms with Crippen LogP contribution in [0.2, 0.25) is 0 Å². The zero-order valence-electron chi connectivity index (χ0n) is 10.3. The third-order valence-corrected chi connectivity index (χ3v) is 3.01. The number of aromatic nitrogens is 1. The van der Waals surface area contributed by atoms with Crippen molar-refractivity contribution in [3.63, 3.8) is 0 Å². The standard InChI is InChI=1S/C14H11F2N3O/c15-9-4-5-11(18-7-9)13(19-17)12-6-8-2-1-3-10(16)14(8)20-12/h1-7,13,19H,17H2. The number of hydrogen-bond donors (Lipinski definition) is 2. The average molecular weight is 275 g/mol. The summed E-state index contributed by atoms with van der Waals surface area (Å²) in [7, 11) is 0. The number of furan rings is 1. The number of rotatable bonds is 3. The van der Waals surface area contributed by atoms with E-state index in [-0.39, 0.29) is 5.58 Å². The molecule has 3 aromatic rings. The second-order valence-electron chi connectivity index (χ2n) is 4.31. The molecule has 3 N–H and O–H groups in total. The molecule has 6 heteroatoms. The molecule has 0 saturated carbocycles. The van der Waals surface area contributed by atoms with Crippen LogP contribution in [0.1, 0.15) is 17.5 Å². The molecule has 0 fully saturated rings. The Morgan fingerprint density at radius 3 is 2.70 bits per heavy atom. The predicted molar refractivity (Wildman–Crippen MR) is 69.5 cm³/mol. The van der Waals surface area contributed by atoms with Gasteiger partial charge in [0.2, 0.25) is 0 Å². The number of para-hydroxylation sites is 1. The smallest absolute Gasteiger partial charge is 0.169 e. The van der Waals surface area contributed by atoms with Crippen molar-refractivity contribution in [2.24, 2.45) is 5.84 Å². The normalized spacial score (nSPS) is 12.8. The molecule has 0 amide bonds. The van der Waals surface area contributed by atoms with Gasteiger partial charge in [-0.25, -0.2) is 14.2 Å². The number of nitrogens with two attached hydrogens (primary N) is 1. The van der Waals surface area contributed by atoms with Crippen molar-refractivity contribution in [3.05, 3.63) is 65.7 Å². The number of hydrazine groups is 1. The fourth-order valence-corrected chi connectivity index (χ4v) is 2.06. The highest BCUT2D eigenvalue weighted by Crippen LogP contribution is 2.28. The Morgan fingerprint density at radius 2 is 2.05 bits per heavy atom. The van der Waals surface area contributed by atoms with E-state index in [0.717, 1.165) is 6.20 Å². The minimum atomic E-state index is -0.581. The second kappa shape index (κ2) is 4.99. The van der Waals surface area contributed by atoms with Gasteiger partial charge in [0.05, 0.1) is 11.9 Å². The molecular weight excluding hydrogens is 264 g/mol. The number of benzene rings is 1. The Balaban J connectivity index is 2.07. The lowest BCUT2D eigenvalue weighted by Gasteiger charge is -2.12. The van der Waals surface area contributed by atoms with Gasteiger partial charge in [-0.15, -0.1) is 0 Å². The average Bonchev–Trinajstić information content (AvgIpc) is 2.87. The maximum atomic E-state index is 13.6. The molecule has 0 aliphatic heterocycles. The molecule has 2 aromatic heterocycles. The zero-order chi connectivity index (χ0) is 14.1. The SMILES string of the molecule is NNC(c1ccc(F)cn1)c1cc2cccc(F)c2o1. The Hall–Kier alpha value is -2.31. The topological polar surface area (TPSA) is 64.1 Å². The summed E-state index contributed by atoms with van der Waals surface area (Å²) in [6.07, 6.45) is 1.09. The van der Waals surface area contributed by atoms with Crippen molar-refractivity contribution < 1.29 is 13.2 Å². The third-order valence-electron chi connectivity index (χ3n) is 3.01. The van der Waals surface area contributed by atoms with Crippen LogP contribution in [0.4, 0.5) is 8.78 Å². The molecule has 20 heavy (non-hydrogen) atoms. The van der Waals surface area contributed by atoms with Gasteiger partial charge in [-0.05, 0) is 24.3 Å². The first-order valence-corrected chi connectivity index (χ1v) is 5.94. The molecule has 0 spiro atoms. The third kappa shape index (κ3) is 2.15. The molecule has 3 rings (SSSR count). The molecule has 0 radical (unpaired) electrons. The van der Waals surface area contributed by atoms with Crippen LogP contribution >= 0.6 is 0 Å². The maximum Gasteiger partial charge on any atom is 0.169 e. The van der Waals surface area contributed by atoms with Crippen molar-refractivity contribution >= 4 is 11.0 Å². The van der Waals surface area contributed by atoms with Gasteiger partial charge in [-0.2, -0.15) is 0 Å². The molecule has 0 bridgehead atoms. The Bertz CT molecular complexity index is 740. The van der Waals surface area contributed by atoms with Gasteiger partial charge < -0.3 is 4.42 Å². The summed E-state index contributed by atoms with van der Waals surface area (Å²) in [6.45, 7) is 0. The first-order valence-electron chi connectivity index (χ1n) is 5.94. The molecule has 0 aliphatic rings. The monoisotopic (exact) mass is 275 g/mol. The van der Waals surface area contributed by atoms with Crippen LogP contribution in [-0.4, -0.2) is 4.98 Å². The number of halogens is 2.